The Morgan fingerprint density at radius 3 is 2.42 bits per heavy atom. The van der Waals surface area contributed by atoms with Crippen molar-refractivity contribution in [2.45, 2.75) is 19.8 Å². The van der Waals surface area contributed by atoms with Gasteiger partial charge in [0, 0.05) is 20.6 Å². The summed E-state index contributed by atoms with van der Waals surface area (Å²) in [5.41, 5.74) is 0.533. The van der Waals surface area contributed by atoms with E-state index in [1.165, 1.54) is 11.0 Å². The molecule has 0 aliphatic rings. The highest BCUT2D eigenvalue weighted by atomic mass is 16.4. The molecule has 19 heavy (non-hydrogen) atoms. The minimum atomic E-state index is -1.04. The van der Waals surface area contributed by atoms with Crippen LogP contribution in [0.2, 0.25) is 0 Å². The van der Waals surface area contributed by atoms with Gasteiger partial charge in [-0.05, 0) is 18.6 Å². The predicted molar refractivity (Wildman–Crippen MR) is 74.7 cm³/mol. The van der Waals surface area contributed by atoms with E-state index in [-0.39, 0.29) is 11.6 Å². The number of hydrogen-bond acceptors (Lipinski definition) is 2. The third kappa shape index (κ3) is 3.71. The molecular weight excluding hydrogens is 244 g/mol. The van der Waals surface area contributed by atoms with Crippen LogP contribution in [0.3, 0.4) is 0 Å². The smallest absolute Gasteiger partial charge is 0.337 e. The third-order valence-corrected chi connectivity index (χ3v) is 2.96. The van der Waals surface area contributed by atoms with E-state index in [4.69, 9.17) is 5.11 Å². The molecule has 1 rings (SSSR count). The van der Waals surface area contributed by atoms with Gasteiger partial charge in [-0.25, -0.2) is 9.59 Å². The molecule has 0 atom stereocenters. The predicted octanol–water partition coefficient (Wildman–Crippen LogP) is 2.67. The lowest BCUT2D eigenvalue weighted by Crippen LogP contribution is -2.39. The van der Waals surface area contributed by atoms with Gasteiger partial charge in [0.15, 0.2) is 0 Å². The molecule has 0 fully saturated rings. The first-order valence-electron chi connectivity index (χ1n) is 6.30. The van der Waals surface area contributed by atoms with Crippen LogP contribution in [0.4, 0.5) is 10.5 Å². The fraction of sp³-hybridized carbons (Fsp3) is 0.429. The van der Waals surface area contributed by atoms with Crippen molar-refractivity contribution in [1.82, 2.24) is 4.90 Å². The molecule has 0 aromatic heterocycles. The largest absolute Gasteiger partial charge is 0.478 e. The number of carbonyl (C=O) groups excluding carboxylic acids is 1. The Hall–Kier alpha value is -2.04. The van der Waals surface area contributed by atoms with Gasteiger partial charge in [0.2, 0.25) is 0 Å². The molecule has 0 bridgehead atoms. The van der Waals surface area contributed by atoms with Crippen molar-refractivity contribution in [1.29, 1.82) is 0 Å². The molecule has 104 valence electrons. The van der Waals surface area contributed by atoms with Crippen molar-refractivity contribution in [3.8, 4) is 0 Å². The summed E-state index contributed by atoms with van der Waals surface area (Å²) in [7, 11) is 3.31. The second-order valence-corrected chi connectivity index (χ2v) is 4.44. The Labute approximate surface area is 113 Å². The van der Waals surface area contributed by atoms with Crippen LogP contribution >= 0.6 is 0 Å². The molecule has 1 aromatic carbocycles. The van der Waals surface area contributed by atoms with E-state index in [0.717, 1.165) is 12.8 Å². The number of nitrogens with zero attached hydrogens (tertiary/aromatic N) is 2. The van der Waals surface area contributed by atoms with Gasteiger partial charge in [0.05, 0.1) is 11.3 Å². The van der Waals surface area contributed by atoms with Gasteiger partial charge >= 0.3 is 12.0 Å². The molecule has 0 radical (unpaired) electrons. The molecule has 0 unspecified atom stereocenters. The Balaban J connectivity index is 2.91. The topological polar surface area (TPSA) is 60.9 Å². The summed E-state index contributed by atoms with van der Waals surface area (Å²) in [4.78, 5) is 26.3. The Bertz CT molecular complexity index is 460. The van der Waals surface area contributed by atoms with E-state index in [1.54, 1.807) is 37.2 Å². The number of benzene rings is 1. The lowest BCUT2D eigenvalue weighted by molar-refractivity contribution is 0.0697. The van der Waals surface area contributed by atoms with Crippen LogP contribution in [-0.4, -0.2) is 42.6 Å². The summed E-state index contributed by atoms with van der Waals surface area (Å²) in [6.45, 7) is 2.72. The summed E-state index contributed by atoms with van der Waals surface area (Å²) >= 11 is 0. The lowest BCUT2D eigenvalue weighted by Gasteiger charge is -2.25. The highest BCUT2D eigenvalue weighted by molar-refractivity contribution is 6.00. The number of carbonyl (C=O) groups is 2. The number of amides is 2. The average Bonchev–Trinajstić information content (AvgIpc) is 2.42. The zero-order valence-electron chi connectivity index (χ0n) is 11.6. The summed E-state index contributed by atoms with van der Waals surface area (Å²) in [5.74, 6) is -1.04. The van der Waals surface area contributed by atoms with Crippen LogP contribution in [-0.2, 0) is 0 Å². The molecule has 0 heterocycles. The maximum Gasteiger partial charge on any atom is 0.337 e. The van der Waals surface area contributed by atoms with Gasteiger partial charge in [-0.2, -0.15) is 0 Å². The van der Waals surface area contributed by atoms with Crippen LogP contribution in [0.25, 0.3) is 0 Å². The number of urea groups is 1. The molecule has 0 aliphatic carbocycles. The van der Waals surface area contributed by atoms with Gasteiger partial charge in [-0.15, -0.1) is 0 Å². The minimum absolute atomic E-state index is 0.127. The van der Waals surface area contributed by atoms with Crippen molar-refractivity contribution in [2.75, 3.05) is 25.5 Å². The molecule has 0 spiro atoms. The number of hydrogen-bond donors (Lipinski definition) is 1. The molecule has 2 amide bonds. The lowest BCUT2D eigenvalue weighted by atomic mass is 10.1. The van der Waals surface area contributed by atoms with Crippen LogP contribution in [0.5, 0.6) is 0 Å². The number of carboxylic acid groups (broad SMARTS) is 1. The van der Waals surface area contributed by atoms with Crippen molar-refractivity contribution in [3.63, 3.8) is 0 Å². The first-order valence-corrected chi connectivity index (χ1v) is 6.30. The molecule has 1 N–H and O–H groups in total. The van der Waals surface area contributed by atoms with Gasteiger partial charge in [-0.3, -0.25) is 4.90 Å². The van der Waals surface area contributed by atoms with Gasteiger partial charge in [0.25, 0.3) is 0 Å². The van der Waals surface area contributed by atoms with E-state index in [0.29, 0.717) is 12.2 Å². The number of para-hydroxylation sites is 1. The average molecular weight is 264 g/mol. The second kappa shape index (κ2) is 6.78. The fourth-order valence-electron chi connectivity index (χ4n) is 1.80. The van der Waals surface area contributed by atoms with Gasteiger partial charge < -0.3 is 10.0 Å². The van der Waals surface area contributed by atoms with E-state index in [9.17, 15) is 9.59 Å². The van der Waals surface area contributed by atoms with E-state index in [1.807, 2.05) is 0 Å². The normalized spacial score (nSPS) is 10.1. The standard InChI is InChI=1S/C14H20N2O3/c1-4-5-10-15(2)14(19)16(3)12-9-7-6-8-11(12)13(17)18/h6-9H,4-5,10H2,1-3H3,(H,17,18). The van der Waals surface area contributed by atoms with E-state index < -0.39 is 5.97 Å². The maximum absolute atomic E-state index is 12.2. The zero-order valence-corrected chi connectivity index (χ0v) is 11.6. The Morgan fingerprint density at radius 2 is 1.84 bits per heavy atom. The molecule has 0 aliphatic heterocycles. The number of unbranched alkanes of at least 4 members (excludes halogenated alkanes) is 1. The first-order chi connectivity index (χ1) is 8.99. The third-order valence-electron chi connectivity index (χ3n) is 2.96. The molecule has 1 aromatic rings. The summed E-state index contributed by atoms with van der Waals surface area (Å²) in [6.07, 6.45) is 1.93. The quantitative estimate of drug-likeness (QED) is 0.889. The molecular formula is C14H20N2O3. The summed E-state index contributed by atoms with van der Waals surface area (Å²) in [5, 5.41) is 9.12. The Morgan fingerprint density at radius 1 is 1.21 bits per heavy atom. The molecule has 5 nitrogen and oxygen atoms in total. The highest BCUT2D eigenvalue weighted by Gasteiger charge is 2.20. The highest BCUT2D eigenvalue weighted by Crippen LogP contribution is 2.20. The number of rotatable bonds is 5. The Kier molecular flexibility index (Phi) is 5.36. The monoisotopic (exact) mass is 264 g/mol. The molecule has 0 saturated heterocycles. The van der Waals surface area contributed by atoms with Crippen LogP contribution in [0, 0.1) is 0 Å². The van der Waals surface area contributed by atoms with Crippen LogP contribution < -0.4 is 4.90 Å². The zero-order chi connectivity index (χ0) is 14.4. The van der Waals surface area contributed by atoms with Gasteiger partial charge in [-0.1, -0.05) is 25.5 Å². The number of aromatic carboxylic acids is 1. The molecule has 0 saturated carbocycles. The summed E-state index contributed by atoms with van der Waals surface area (Å²) < 4.78 is 0. The van der Waals surface area contributed by atoms with Gasteiger partial charge in [0.1, 0.15) is 0 Å². The fourth-order valence-corrected chi connectivity index (χ4v) is 1.80. The number of anilines is 1. The second-order valence-electron chi connectivity index (χ2n) is 4.44. The van der Waals surface area contributed by atoms with Crippen molar-refractivity contribution >= 4 is 17.7 Å². The van der Waals surface area contributed by atoms with Crippen LogP contribution in [0.1, 0.15) is 30.1 Å². The number of carboxylic acids is 1. The first kappa shape index (κ1) is 15.0. The summed E-state index contributed by atoms with van der Waals surface area (Å²) in [6, 6.07) is 6.29. The van der Waals surface area contributed by atoms with E-state index >= 15 is 0 Å². The SMILES string of the molecule is CCCCN(C)C(=O)N(C)c1ccccc1C(=O)O. The van der Waals surface area contributed by atoms with Crippen molar-refractivity contribution in [2.24, 2.45) is 0 Å². The maximum atomic E-state index is 12.2. The van der Waals surface area contributed by atoms with Crippen LogP contribution in [0.15, 0.2) is 24.3 Å². The van der Waals surface area contributed by atoms with Crippen molar-refractivity contribution < 1.29 is 14.7 Å². The molecule has 5 heteroatoms. The van der Waals surface area contributed by atoms with Crippen molar-refractivity contribution in [3.05, 3.63) is 29.8 Å². The minimum Gasteiger partial charge on any atom is -0.478 e. The van der Waals surface area contributed by atoms with E-state index in [2.05, 4.69) is 6.92 Å².